The van der Waals surface area contributed by atoms with Crippen LogP contribution in [0.2, 0.25) is 0 Å². The standard InChI is InChI=1S/C26H26F3N5O4S.C2HF3O2/c1-16(33-23(35)14-24(36)34-20-10-7-18(8-11-20)25(30)31)19-9-12-22(21(13-19)26(27,28)29)39(37,38)32-15-17-5-3-2-4-6-17;3-2(4,5)1(6)7/h2-13,16,32H,14-15H2,1H3,(H3,30,31)(H,33,35)(H,34,36);(H,6,7). The van der Waals surface area contributed by atoms with Crippen molar-refractivity contribution in [1.82, 2.24) is 10.0 Å². The van der Waals surface area contributed by atoms with Gasteiger partial charge in [-0.1, -0.05) is 36.4 Å². The molecule has 0 saturated carbocycles. The molecule has 3 aromatic carbocycles. The van der Waals surface area contributed by atoms with Crippen LogP contribution in [0.1, 0.15) is 41.6 Å². The molecule has 0 bridgehead atoms. The van der Waals surface area contributed by atoms with Gasteiger partial charge in [-0.15, -0.1) is 0 Å². The van der Waals surface area contributed by atoms with Gasteiger partial charge in [0.1, 0.15) is 12.3 Å². The molecule has 1 unspecified atom stereocenters. The molecule has 0 heterocycles. The molecule has 1 atom stereocenters. The fourth-order valence-electron chi connectivity index (χ4n) is 3.58. The molecule has 0 aliphatic rings. The average Bonchev–Trinajstić information content (AvgIpc) is 2.96. The van der Waals surface area contributed by atoms with Gasteiger partial charge in [0, 0.05) is 17.8 Å². The second-order valence-electron chi connectivity index (χ2n) is 9.37. The summed E-state index contributed by atoms with van der Waals surface area (Å²) in [6, 6.07) is 16.1. The number of anilines is 1. The Morgan fingerprint density at radius 1 is 0.913 bits per heavy atom. The zero-order valence-corrected chi connectivity index (χ0v) is 24.5. The van der Waals surface area contributed by atoms with E-state index in [1.54, 1.807) is 30.3 Å². The molecule has 0 aromatic heterocycles. The first-order valence-corrected chi connectivity index (χ1v) is 14.3. The van der Waals surface area contributed by atoms with Crippen molar-refractivity contribution in [3.8, 4) is 0 Å². The fraction of sp³-hybridized carbons (Fsp3) is 0.214. The summed E-state index contributed by atoms with van der Waals surface area (Å²) in [6.45, 7) is 1.21. The summed E-state index contributed by atoms with van der Waals surface area (Å²) in [4.78, 5) is 32.5. The van der Waals surface area contributed by atoms with E-state index in [0.29, 0.717) is 22.9 Å². The highest BCUT2D eigenvalue weighted by Gasteiger charge is 2.39. The molecule has 0 saturated heterocycles. The van der Waals surface area contributed by atoms with Gasteiger partial charge in [0.15, 0.2) is 0 Å². The van der Waals surface area contributed by atoms with Gasteiger partial charge in [-0.2, -0.15) is 26.3 Å². The van der Waals surface area contributed by atoms with Gasteiger partial charge in [-0.3, -0.25) is 15.0 Å². The number of hydrogen-bond donors (Lipinski definition) is 6. The van der Waals surface area contributed by atoms with Crippen molar-refractivity contribution in [3.05, 3.63) is 95.1 Å². The number of carboxylic acids is 1. The minimum atomic E-state index is -5.08. The van der Waals surface area contributed by atoms with Crippen LogP contribution in [0.3, 0.4) is 0 Å². The fourth-order valence-corrected chi connectivity index (χ4v) is 4.81. The highest BCUT2D eigenvalue weighted by atomic mass is 32.2. The highest BCUT2D eigenvalue weighted by Crippen LogP contribution is 2.36. The van der Waals surface area contributed by atoms with Crippen molar-refractivity contribution in [2.75, 3.05) is 5.32 Å². The molecule has 7 N–H and O–H groups in total. The van der Waals surface area contributed by atoms with Crippen LogP contribution in [-0.4, -0.2) is 43.3 Å². The first-order chi connectivity index (χ1) is 21.2. The number of amides is 2. The summed E-state index contributed by atoms with van der Waals surface area (Å²) >= 11 is 0. The molecule has 0 fully saturated rings. The minimum absolute atomic E-state index is 0.00193. The van der Waals surface area contributed by atoms with Gasteiger partial charge in [0.25, 0.3) is 0 Å². The smallest absolute Gasteiger partial charge is 0.475 e. The van der Waals surface area contributed by atoms with Crippen molar-refractivity contribution in [3.63, 3.8) is 0 Å². The molecule has 3 aromatic rings. The SMILES string of the molecule is CC(NC(=O)CC(=O)Nc1ccc(C(=N)N)cc1)c1ccc(S(=O)(=O)NCc2ccccc2)c(C(F)(F)F)c1.O=C(O)C(F)(F)F. The molecular weight excluding hydrogens is 648 g/mol. The Balaban J connectivity index is 0.000000942. The van der Waals surface area contributed by atoms with Crippen LogP contribution < -0.4 is 21.1 Å². The first kappa shape index (κ1) is 37.2. The van der Waals surface area contributed by atoms with Crippen molar-refractivity contribution >= 4 is 39.3 Å². The molecule has 0 aliphatic heterocycles. The zero-order valence-electron chi connectivity index (χ0n) is 23.7. The predicted molar refractivity (Wildman–Crippen MR) is 153 cm³/mol. The third-order valence-electron chi connectivity index (χ3n) is 5.83. The number of rotatable bonds is 10. The summed E-state index contributed by atoms with van der Waals surface area (Å²) in [7, 11) is -4.52. The van der Waals surface area contributed by atoms with Crippen molar-refractivity contribution in [1.29, 1.82) is 5.41 Å². The Morgan fingerprint density at radius 2 is 1.48 bits per heavy atom. The monoisotopic (exact) mass is 675 g/mol. The van der Waals surface area contributed by atoms with E-state index >= 15 is 0 Å². The number of benzene rings is 3. The van der Waals surface area contributed by atoms with E-state index in [-0.39, 0.29) is 17.9 Å². The number of aliphatic carboxylic acids is 1. The highest BCUT2D eigenvalue weighted by molar-refractivity contribution is 7.89. The number of carboxylic acid groups (broad SMARTS) is 1. The first-order valence-electron chi connectivity index (χ1n) is 12.8. The van der Waals surface area contributed by atoms with Gasteiger partial charge in [-0.25, -0.2) is 17.9 Å². The second kappa shape index (κ2) is 15.3. The van der Waals surface area contributed by atoms with Crippen LogP contribution in [-0.2, 0) is 37.1 Å². The molecule has 2 amide bonds. The summed E-state index contributed by atoms with van der Waals surface area (Å²) in [5.74, 6) is -4.33. The lowest BCUT2D eigenvalue weighted by Crippen LogP contribution is -2.31. The summed E-state index contributed by atoms with van der Waals surface area (Å²) in [5, 5.41) is 19.4. The Morgan fingerprint density at radius 3 is 1.98 bits per heavy atom. The number of halogens is 6. The third-order valence-corrected chi connectivity index (χ3v) is 7.29. The number of nitrogens with one attached hydrogen (secondary N) is 4. The molecule has 18 heteroatoms. The van der Waals surface area contributed by atoms with Gasteiger partial charge in [0.2, 0.25) is 21.8 Å². The minimum Gasteiger partial charge on any atom is -0.475 e. The number of sulfonamides is 1. The van der Waals surface area contributed by atoms with Crippen LogP contribution in [0.4, 0.5) is 32.0 Å². The number of amidine groups is 1. The topological polar surface area (TPSA) is 192 Å². The Bertz CT molecular complexity index is 1660. The van der Waals surface area contributed by atoms with Crippen LogP contribution in [0.5, 0.6) is 0 Å². The van der Waals surface area contributed by atoms with E-state index in [1.165, 1.54) is 37.3 Å². The number of nitrogen functional groups attached to an aromatic ring is 1. The normalized spacial score (nSPS) is 12.2. The number of carbonyl (C=O) groups excluding carboxylic acids is 2. The maximum atomic E-state index is 13.8. The van der Waals surface area contributed by atoms with Gasteiger partial charge >= 0.3 is 18.3 Å². The summed E-state index contributed by atoms with van der Waals surface area (Å²) in [5.41, 5.74) is 5.36. The number of nitrogens with two attached hydrogens (primary N) is 1. The number of alkyl halides is 6. The van der Waals surface area contributed by atoms with Crippen LogP contribution in [0.25, 0.3) is 0 Å². The quantitative estimate of drug-likeness (QED) is 0.0798. The van der Waals surface area contributed by atoms with Crippen molar-refractivity contribution in [2.24, 2.45) is 5.73 Å². The maximum Gasteiger partial charge on any atom is 0.490 e. The summed E-state index contributed by atoms with van der Waals surface area (Å²) in [6.07, 6.45) is -10.7. The molecule has 248 valence electrons. The van der Waals surface area contributed by atoms with Crippen LogP contribution in [0, 0.1) is 5.41 Å². The summed E-state index contributed by atoms with van der Waals surface area (Å²) < 4.78 is 101. The predicted octanol–water partition coefficient (Wildman–Crippen LogP) is 4.31. The van der Waals surface area contributed by atoms with Gasteiger partial charge in [0.05, 0.1) is 16.5 Å². The molecular formula is C28H27F6N5O6S. The van der Waals surface area contributed by atoms with E-state index in [4.69, 9.17) is 21.0 Å². The average molecular weight is 676 g/mol. The maximum absolute atomic E-state index is 13.8. The Kier molecular flexibility index (Phi) is 12.4. The molecule has 3 rings (SSSR count). The van der Waals surface area contributed by atoms with Crippen LogP contribution in [0.15, 0.2) is 77.7 Å². The third kappa shape index (κ3) is 11.5. The largest absolute Gasteiger partial charge is 0.490 e. The van der Waals surface area contributed by atoms with E-state index in [2.05, 4.69) is 15.4 Å². The zero-order chi connectivity index (χ0) is 34.9. The second-order valence-corrected chi connectivity index (χ2v) is 11.1. The van der Waals surface area contributed by atoms with E-state index in [1.807, 2.05) is 0 Å². The lowest BCUT2D eigenvalue weighted by atomic mass is 10.0. The van der Waals surface area contributed by atoms with E-state index in [0.717, 1.165) is 6.07 Å². The molecule has 46 heavy (non-hydrogen) atoms. The lowest BCUT2D eigenvalue weighted by molar-refractivity contribution is -0.192. The van der Waals surface area contributed by atoms with Crippen molar-refractivity contribution in [2.45, 2.75) is 43.2 Å². The van der Waals surface area contributed by atoms with E-state index < -0.39 is 63.1 Å². The molecule has 0 radical (unpaired) electrons. The Hall–Kier alpha value is -4.97. The Labute approximate surface area is 258 Å². The number of carbonyl (C=O) groups is 3. The van der Waals surface area contributed by atoms with Gasteiger partial charge in [-0.05, 0) is 54.4 Å². The van der Waals surface area contributed by atoms with E-state index in [9.17, 15) is 44.3 Å². The van der Waals surface area contributed by atoms with Crippen molar-refractivity contribution < 1.29 is 54.3 Å². The number of hydrogen-bond acceptors (Lipinski definition) is 6. The molecule has 0 spiro atoms. The molecule has 11 nitrogen and oxygen atoms in total. The molecule has 0 aliphatic carbocycles. The lowest BCUT2D eigenvalue weighted by Gasteiger charge is -2.19. The van der Waals surface area contributed by atoms with Crippen LogP contribution >= 0.6 is 0 Å². The van der Waals surface area contributed by atoms with Gasteiger partial charge < -0.3 is 21.5 Å².